The van der Waals surface area contributed by atoms with Crippen molar-refractivity contribution in [3.05, 3.63) is 60.0 Å². The maximum atomic E-state index is 12.3. The molecule has 2 heterocycles. The van der Waals surface area contributed by atoms with E-state index in [0.717, 1.165) is 10.9 Å². The largest absolute Gasteiger partial charge is 0.485 e. The molecule has 3 N–H and O–H groups in total. The molecular formula is C16H13N7O2. The smallest absolute Gasteiger partial charge is 0.255 e. The number of H-pyrrole nitrogens is 2. The Labute approximate surface area is 141 Å². The molecule has 4 rings (SSSR count). The molecule has 9 nitrogen and oxygen atoms in total. The van der Waals surface area contributed by atoms with Gasteiger partial charge in [0.25, 0.3) is 5.91 Å². The minimum atomic E-state index is -0.197. The Kier molecular flexibility index (Phi) is 3.79. The van der Waals surface area contributed by atoms with Gasteiger partial charge in [0.2, 0.25) is 5.82 Å². The third-order valence-corrected chi connectivity index (χ3v) is 3.57. The number of benzene rings is 2. The predicted octanol–water partition coefficient (Wildman–Crippen LogP) is 1.91. The molecule has 0 radical (unpaired) electrons. The average molecular weight is 335 g/mol. The SMILES string of the molecule is O=C(Nc1ccc(OCc2nn[nH]n2)cc1)c1ccc2cn[nH]c2c1. The fraction of sp³-hybridized carbons (Fsp3) is 0.0625. The number of nitrogens with zero attached hydrogens (tertiary/aromatic N) is 4. The lowest BCUT2D eigenvalue weighted by Gasteiger charge is -2.07. The first-order valence-corrected chi connectivity index (χ1v) is 7.47. The Balaban J connectivity index is 1.40. The summed E-state index contributed by atoms with van der Waals surface area (Å²) < 4.78 is 5.53. The summed E-state index contributed by atoms with van der Waals surface area (Å²) in [6.45, 7) is 0.215. The van der Waals surface area contributed by atoms with Crippen molar-refractivity contribution < 1.29 is 9.53 Å². The van der Waals surface area contributed by atoms with Crippen LogP contribution < -0.4 is 10.1 Å². The van der Waals surface area contributed by atoms with Crippen molar-refractivity contribution in [3.63, 3.8) is 0 Å². The molecule has 0 fully saturated rings. The minimum Gasteiger partial charge on any atom is -0.485 e. The van der Waals surface area contributed by atoms with Crippen LogP contribution in [0, 0.1) is 0 Å². The maximum Gasteiger partial charge on any atom is 0.255 e. The van der Waals surface area contributed by atoms with Crippen molar-refractivity contribution in [2.45, 2.75) is 6.61 Å². The van der Waals surface area contributed by atoms with E-state index < -0.39 is 0 Å². The van der Waals surface area contributed by atoms with E-state index in [9.17, 15) is 4.79 Å². The van der Waals surface area contributed by atoms with Crippen LogP contribution in [0.1, 0.15) is 16.2 Å². The summed E-state index contributed by atoms with van der Waals surface area (Å²) in [5.41, 5.74) is 2.04. The monoisotopic (exact) mass is 335 g/mol. The van der Waals surface area contributed by atoms with Crippen molar-refractivity contribution in [2.75, 3.05) is 5.32 Å². The third-order valence-electron chi connectivity index (χ3n) is 3.57. The van der Waals surface area contributed by atoms with Gasteiger partial charge in [-0.1, -0.05) is 11.3 Å². The lowest BCUT2D eigenvalue weighted by atomic mass is 10.1. The van der Waals surface area contributed by atoms with Gasteiger partial charge in [0.05, 0.1) is 11.7 Å². The lowest BCUT2D eigenvalue weighted by molar-refractivity contribution is 0.102. The van der Waals surface area contributed by atoms with E-state index in [1.54, 1.807) is 42.6 Å². The van der Waals surface area contributed by atoms with Crippen LogP contribution in [0.4, 0.5) is 5.69 Å². The molecule has 0 aliphatic heterocycles. The van der Waals surface area contributed by atoms with Gasteiger partial charge in [-0.2, -0.15) is 10.3 Å². The quantitative estimate of drug-likeness (QED) is 0.512. The maximum absolute atomic E-state index is 12.3. The van der Waals surface area contributed by atoms with Gasteiger partial charge in [0.15, 0.2) is 6.61 Å². The number of hydrogen-bond donors (Lipinski definition) is 3. The van der Waals surface area contributed by atoms with Gasteiger partial charge in [-0.05, 0) is 36.4 Å². The van der Waals surface area contributed by atoms with E-state index in [2.05, 4.69) is 36.1 Å². The summed E-state index contributed by atoms with van der Waals surface area (Å²) in [7, 11) is 0. The zero-order valence-electron chi connectivity index (χ0n) is 12.9. The van der Waals surface area contributed by atoms with E-state index in [4.69, 9.17) is 4.74 Å². The number of hydrogen-bond acceptors (Lipinski definition) is 6. The number of aromatic amines is 2. The van der Waals surface area contributed by atoms with Crippen molar-refractivity contribution >= 4 is 22.5 Å². The van der Waals surface area contributed by atoms with Crippen LogP contribution >= 0.6 is 0 Å². The van der Waals surface area contributed by atoms with Crippen LogP contribution in [0.15, 0.2) is 48.7 Å². The highest BCUT2D eigenvalue weighted by molar-refractivity contribution is 6.06. The molecule has 9 heteroatoms. The molecule has 124 valence electrons. The van der Waals surface area contributed by atoms with Crippen molar-refractivity contribution in [3.8, 4) is 5.75 Å². The molecule has 2 aromatic carbocycles. The normalized spacial score (nSPS) is 10.7. The van der Waals surface area contributed by atoms with Crippen LogP contribution in [0.3, 0.4) is 0 Å². The lowest BCUT2D eigenvalue weighted by Crippen LogP contribution is -2.11. The number of carbonyl (C=O) groups is 1. The van der Waals surface area contributed by atoms with Gasteiger partial charge in [0, 0.05) is 16.6 Å². The number of aromatic nitrogens is 6. The third kappa shape index (κ3) is 3.29. The minimum absolute atomic E-state index is 0.197. The van der Waals surface area contributed by atoms with Gasteiger partial charge in [0.1, 0.15) is 5.75 Å². The Hall–Kier alpha value is -3.75. The van der Waals surface area contributed by atoms with Gasteiger partial charge >= 0.3 is 0 Å². The van der Waals surface area contributed by atoms with Crippen molar-refractivity contribution in [2.24, 2.45) is 0 Å². The Morgan fingerprint density at radius 2 is 2.04 bits per heavy atom. The highest BCUT2D eigenvalue weighted by Gasteiger charge is 2.08. The van der Waals surface area contributed by atoms with Crippen LogP contribution in [-0.2, 0) is 6.61 Å². The van der Waals surface area contributed by atoms with Crippen LogP contribution in [-0.4, -0.2) is 36.7 Å². The first kappa shape index (κ1) is 14.8. The number of ether oxygens (including phenoxy) is 1. The van der Waals surface area contributed by atoms with E-state index in [1.807, 2.05) is 6.07 Å². The number of tetrazole rings is 1. The van der Waals surface area contributed by atoms with Gasteiger partial charge in [-0.15, -0.1) is 10.2 Å². The van der Waals surface area contributed by atoms with E-state index in [1.165, 1.54) is 0 Å². The highest BCUT2D eigenvalue weighted by atomic mass is 16.5. The van der Waals surface area contributed by atoms with Crippen molar-refractivity contribution in [1.82, 2.24) is 30.8 Å². The summed E-state index contributed by atoms with van der Waals surface area (Å²) in [6.07, 6.45) is 1.71. The summed E-state index contributed by atoms with van der Waals surface area (Å²) in [5.74, 6) is 0.908. The van der Waals surface area contributed by atoms with Crippen LogP contribution in [0.25, 0.3) is 10.9 Å². The standard InChI is InChI=1S/C16H13N7O2/c24-16(10-1-2-11-8-17-19-14(11)7-10)18-12-3-5-13(6-4-12)25-9-15-20-22-23-21-15/h1-8H,9H2,(H,17,19)(H,18,24)(H,20,21,22,23). The Morgan fingerprint density at radius 3 is 2.84 bits per heavy atom. The number of carbonyl (C=O) groups excluding carboxylic acids is 1. The molecule has 0 aliphatic rings. The van der Waals surface area contributed by atoms with Crippen LogP contribution in [0.2, 0.25) is 0 Å². The number of fused-ring (bicyclic) bond motifs is 1. The zero-order valence-corrected chi connectivity index (χ0v) is 12.9. The van der Waals surface area contributed by atoms with Gasteiger partial charge < -0.3 is 10.1 Å². The number of anilines is 1. The second-order valence-corrected chi connectivity index (χ2v) is 5.27. The summed E-state index contributed by atoms with van der Waals surface area (Å²) in [6, 6.07) is 12.4. The molecular weight excluding hydrogens is 322 g/mol. The average Bonchev–Trinajstić information content (AvgIpc) is 3.32. The van der Waals surface area contributed by atoms with E-state index in [0.29, 0.717) is 22.8 Å². The van der Waals surface area contributed by atoms with Crippen LogP contribution in [0.5, 0.6) is 5.75 Å². The number of rotatable bonds is 5. The molecule has 0 unspecified atom stereocenters. The van der Waals surface area contributed by atoms with E-state index in [-0.39, 0.29) is 12.5 Å². The van der Waals surface area contributed by atoms with Gasteiger partial charge in [-0.3, -0.25) is 9.89 Å². The fourth-order valence-electron chi connectivity index (χ4n) is 2.31. The van der Waals surface area contributed by atoms with Gasteiger partial charge in [-0.25, -0.2) is 0 Å². The molecule has 1 amide bonds. The van der Waals surface area contributed by atoms with E-state index >= 15 is 0 Å². The molecule has 2 aromatic heterocycles. The Morgan fingerprint density at radius 1 is 1.16 bits per heavy atom. The van der Waals surface area contributed by atoms with Crippen molar-refractivity contribution in [1.29, 1.82) is 0 Å². The molecule has 25 heavy (non-hydrogen) atoms. The first-order chi connectivity index (χ1) is 12.3. The fourth-order valence-corrected chi connectivity index (χ4v) is 2.31. The first-order valence-electron chi connectivity index (χ1n) is 7.47. The highest BCUT2D eigenvalue weighted by Crippen LogP contribution is 2.18. The second kappa shape index (κ2) is 6.40. The summed E-state index contributed by atoms with van der Waals surface area (Å²) >= 11 is 0. The Bertz CT molecular complexity index is 993. The topological polar surface area (TPSA) is 121 Å². The molecule has 0 spiro atoms. The molecule has 0 atom stereocenters. The number of nitrogens with one attached hydrogen (secondary N) is 3. The summed E-state index contributed by atoms with van der Waals surface area (Å²) in [5, 5.41) is 24.0. The second-order valence-electron chi connectivity index (χ2n) is 5.27. The molecule has 0 bridgehead atoms. The zero-order chi connectivity index (χ0) is 17.1. The number of amides is 1. The molecule has 0 saturated carbocycles. The summed E-state index contributed by atoms with van der Waals surface area (Å²) in [4.78, 5) is 12.3. The molecule has 0 aliphatic carbocycles. The molecule has 0 saturated heterocycles. The predicted molar refractivity (Wildman–Crippen MR) is 89.0 cm³/mol. The molecule has 4 aromatic rings.